The Morgan fingerprint density at radius 1 is 1.65 bits per heavy atom. The highest BCUT2D eigenvalue weighted by Crippen LogP contribution is 2.30. The van der Waals surface area contributed by atoms with E-state index in [1.807, 2.05) is 0 Å². The Morgan fingerprint density at radius 3 is 2.65 bits per heavy atom. The van der Waals surface area contributed by atoms with E-state index in [1.54, 1.807) is 0 Å². The van der Waals surface area contributed by atoms with Crippen molar-refractivity contribution in [3.63, 3.8) is 0 Å². The number of anilines is 1. The lowest BCUT2D eigenvalue weighted by molar-refractivity contribution is -0.389. The lowest BCUT2D eigenvalue weighted by atomic mass is 10.1. The number of nitrogens with zero attached hydrogens (tertiary/aromatic N) is 2. The molecule has 1 aromatic rings. The second-order valence-corrected chi connectivity index (χ2v) is 3.07. The van der Waals surface area contributed by atoms with E-state index >= 15 is 0 Å². The number of halogens is 2. The molecule has 17 heavy (non-hydrogen) atoms. The summed E-state index contributed by atoms with van der Waals surface area (Å²) in [5.74, 6) is -2.89. The molecule has 1 rings (SSSR count). The first kappa shape index (κ1) is 12.7. The van der Waals surface area contributed by atoms with Gasteiger partial charge in [-0.1, -0.05) is 0 Å². The van der Waals surface area contributed by atoms with Crippen LogP contribution in [0.15, 0.2) is 6.07 Å². The summed E-state index contributed by atoms with van der Waals surface area (Å²) in [7, 11) is 0. The third-order valence-electron chi connectivity index (χ3n) is 1.91. The van der Waals surface area contributed by atoms with Gasteiger partial charge in [-0.15, -0.1) is 0 Å². The number of carboxylic acids is 1. The summed E-state index contributed by atoms with van der Waals surface area (Å²) in [6, 6.07) is 0.686. The molecular formula is C8H7F2N3O4. The average molecular weight is 247 g/mol. The number of carbonyl (C=O) groups is 1. The van der Waals surface area contributed by atoms with Gasteiger partial charge in [0, 0.05) is 6.07 Å². The van der Waals surface area contributed by atoms with Gasteiger partial charge in [-0.25, -0.2) is 8.78 Å². The zero-order valence-corrected chi connectivity index (χ0v) is 8.26. The first-order valence-electron chi connectivity index (χ1n) is 4.26. The van der Waals surface area contributed by atoms with Crippen molar-refractivity contribution in [3.8, 4) is 0 Å². The standard InChI is InChI=1S/C8H7F2N3O4/c9-7(10)6-3(2-5(14)15)1-4(13(16)17)12-8(6)11/h1,7H,2H2,(H2,11,12)(H,14,15). The number of hydrogen-bond acceptors (Lipinski definition) is 5. The third-order valence-corrected chi connectivity index (χ3v) is 1.91. The van der Waals surface area contributed by atoms with Gasteiger partial charge < -0.3 is 21.0 Å². The summed E-state index contributed by atoms with van der Waals surface area (Å²) >= 11 is 0. The second kappa shape index (κ2) is 4.68. The molecule has 9 heteroatoms. The van der Waals surface area contributed by atoms with Crippen molar-refractivity contribution < 1.29 is 23.6 Å². The Morgan fingerprint density at radius 2 is 2.24 bits per heavy atom. The number of nitrogen functional groups attached to an aromatic ring is 1. The van der Waals surface area contributed by atoms with Crippen LogP contribution >= 0.6 is 0 Å². The summed E-state index contributed by atoms with van der Waals surface area (Å²) < 4.78 is 25.2. The molecule has 0 aromatic carbocycles. The van der Waals surface area contributed by atoms with Gasteiger partial charge in [0.2, 0.25) is 5.82 Å². The van der Waals surface area contributed by atoms with Crippen LogP contribution < -0.4 is 5.73 Å². The summed E-state index contributed by atoms with van der Waals surface area (Å²) in [6.07, 6.45) is -3.83. The van der Waals surface area contributed by atoms with Crippen molar-refractivity contribution in [2.45, 2.75) is 12.8 Å². The molecule has 3 N–H and O–H groups in total. The normalized spacial score (nSPS) is 10.5. The first-order chi connectivity index (χ1) is 7.82. The van der Waals surface area contributed by atoms with Crippen LogP contribution in [0.5, 0.6) is 0 Å². The maximum absolute atomic E-state index is 12.6. The molecule has 0 radical (unpaired) electrons. The van der Waals surface area contributed by atoms with Crippen LogP contribution in [0, 0.1) is 10.1 Å². The van der Waals surface area contributed by atoms with E-state index in [0.29, 0.717) is 6.07 Å². The van der Waals surface area contributed by atoms with E-state index in [0.717, 1.165) is 0 Å². The lowest BCUT2D eigenvalue weighted by Gasteiger charge is -2.06. The number of hydrogen-bond donors (Lipinski definition) is 2. The number of rotatable bonds is 4. The lowest BCUT2D eigenvalue weighted by Crippen LogP contribution is -2.10. The quantitative estimate of drug-likeness (QED) is 0.608. The van der Waals surface area contributed by atoms with Crippen LogP contribution in [0.2, 0.25) is 0 Å². The predicted octanol–water partition coefficient (Wildman–Crippen LogP) is 1.14. The second-order valence-electron chi connectivity index (χ2n) is 3.07. The Bertz CT molecular complexity index is 478. The highest BCUT2D eigenvalue weighted by Gasteiger charge is 2.25. The average Bonchev–Trinajstić information content (AvgIpc) is 2.14. The molecule has 0 saturated heterocycles. The third kappa shape index (κ3) is 2.83. The largest absolute Gasteiger partial charge is 0.481 e. The molecular weight excluding hydrogens is 240 g/mol. The molecule has 0 atom stereocenters. The monoisotopic (exact) mass is 247 g/mol. The van der Waals surface area contributed by atoms with Crippen LogP contribution in [0.1, 0.15) is 17.6 Å². The van der Waals surface area contributed by atoms with Crippen molar-refractivity contribution in [1.82, 2.24) is 4.98 Å². The van der Waals surface area contributed by atoms with E-state index in [4.69, 9.17) is 10.8 Å². The number of aromatic nitrogens is 1. The summed E-state index contributed by atoms with van der Waals surface area (Å²) in [6.45, 7) is 0. The van der Waals surface area contributed by atoms with E-state index in [1.165, 1.54) is 0 Å². The molecule has 1 aromatic heterocycles. The highest BCUT2D eigenvalue weighted by atomic mass is 19.3. The topological polar surface area (TPSA) is 119 Å². The molecule has 0 unspecified atom stereocenters. The van der Waals surface area contributed by atoms with Gasteiger partial charge in [-0.2, -0.15) is 0 Å². The predicted molar refractivity (Wildman–Crippen MR) is 51.6 cm³/mol. The van der Waals surface area contributed by atoms with Crippen molar-refractivity contribution in [3.05, 3.63) is 27.3 Å². The summed E-state index contributed by atoms with van der Waals surface area (Å²) in [5, 5.41) is 18.9. The zero-order valence-electron chi connectivity index (χ0n) is 8.26. The van der Waals surface area contributed by atoms with Gasteiger partial charge in [0.1, 0.15) is 0 Å². The minimum Gasteiger partial charge on any atom is -0.481 e. The molecule has 0 bridgehead atoms. The van der Waals surface area contributed by atoms with Crippen molar-refractivity contribution in [2.75, 3.05) is 5.73 Å². The summed E-state index contributed by atoms with van der Waals surface area (Å²) in [4.78, 5) is 23.1. The van der Waals surface area contributed by atoms with E-state index < -0.39 is 46.5 Å². The molecule has 0 aliphatic rings. The molecule has 1 heterocycles. The Kier molecular flexibility index (Phi) is 3.51. The van der Waals surface area contributed by atoms with Crippen molar-refractivity contribution >= 4 is 17.6 Å². The van der Waals surface area contributed by atoms with E-state index in [-0.39, 0.29) is 0 Å². The summed E-state index contributed by atoms with van der Waals surface area (Å²) in [5.41, 5.74) is 3.96. The molecule has 0 saturated carbocycles. The van der Waals surface area contributed by atoms with Crippen LogP contribution in [0.4, 0.5) is 20.4 Å². The van der Waals surface area contributed by atoms with Crippen LogP contribution in [0.25, 0.3) is 0 Å². The molecule has 92 valence electrons. The minimum atomic E-state index is -3.04. The zero-order chi connectivity index (χ0) is 13.2. The minimum absolute atomic E-state index is 0.410. The number of nitrogens with two attached hydrogens (primary N) is 1. The fourth-order valence-electron chi connectivity index (χ4n) is 1.27. The number of carboxylic acid groups (broad SMARTS) is 1. The number of pyridine rings is 1. The SMILES string of the molecule is Nc1nc([N+](=O)[O-])cc(CC(=O)O)c1C(F)F. The Balaban J connectivity index is 3.38. The molecule has 0 amide bonds. The fourth-order valence-corrected chi connectivity index (χ4v) is 1.27. The van der Waals surface area contributed by atoms with E-state index in [9.17, 15) is 23.7 Å². The number of aliphatic carboxylic acids is 1. The van der Waals surface area contributed by atoms with Gasteiger partial charge >= 0.3 is 11.8 Å². The smallest absolute Gasteiger partial charge is 0.366 e. The Labute approximate surface area is 93.0 Å². The fraction of sp³-hybridized carbons (Fsp3) is 0.250. The van der Waals surface area contributed by atoms with Crippen molar-refractivity contribution in [2.24, 2.45) is 0 Å². The molecule has 0 aliphatic heterocycles. The molecule has 7 nitrogen and oxygen atoms in total. The van der Waals surface area contributed by atoms with Gasteiger partial charge in [0.05, 0.1) is 12.0 Å². The van der Waals surface area contributed by atoms with Gasteiger partial charge in [-0.05, 0) is 15.5 Å². The Hall–Kier alpha value is -2.32. The number of alkyl halides is 2. The molecule has 0 fully saturated rings. The van der Waals surface area contributed by atoms with E-state index in [2.05, 4.69) is 4.98 Å². The maximum Gasteiger partial charge on any atom is 0.366 e. The highest BCUT2D eigenvalue weighted by molar-refractivity contribution is 5.72. The maximum atomic E-state index is 12.6. The van der Waals surface area contributed by atoms with Crippen LogP contribution in [-0.4, -0.2) is 21.0 Å². The van der Waals surface area contributed by atoms with Gasteiger partial charge in [0.15, 0.2) is 0 Å². The first-order valence-corrected chi connectivity index (χ1v) is 4.26. The van der Waals surface area contributed by atoms with Gasteiger partial charge in [0.25, 0.3) is 6.43 Å². The van der Waals surface area contributed by atoms with Gasteiger partial charge in [-0.3, -0.25) is 4.79 Å². The van der Waals surface area contributed by atoms with Crippen LogP contribution in [-0.2, 0) is 11.2 Å². The molecule has 0 spiro atoms. The van der Waals surface area contributed by atoms with Crippen LogP contribution in [0.3, 0.4) is 0 Å². The van der Waals surface area contributed by atoms with Crippen molar-refractivity contribution in [1.29, 1.82) is 0 Å². The molecule has 0 aliphatic carbocycles. The number of nitro groups is 1.